The molecule has 4 heteroatoms. The molecule has 3 N–H and O–H groups in total. The van der Waals surface area contributed by atoms with E-state index in [9.17, 15) is 9.18 Å². The van der Waals surface area contributed by atoms with Crippen LogP contribution in [0.2, 0.25) is 0 Å². The average Bonchev–Trinajstić information content (AvgIpc) is 2.42. The lowest BCUT2D eigenvalue weighted by Gasteiger charge is -2.03. The highest BCUT2D eigenvalue weighted by atomic mass is 19.1. The lowest BCUT2D eigenvalue weighted by atomic mass is 10.2. The zero-order valence-electron chi connectivity index (χ0n) is 9.98. The molecule has 0 heterocycles. The van der Waals surface area contributed by atoms with Crippen LogP contribution in [0.5, 0.6) is 0 Å². The fraction of sp³-hybridized carbons (Fsp3) is 0. The number of halogens is 1. The van der Waals surface area contributed by atoms with Gasteiger partial charge in [0.05, 0.1) is 5.69 Å². The highest BCUT2D eigenvalue weighted by Crippen LogP contribution is 2.16. The Bertz CT molecular complexity index is 657. The monoisotopic (exact) mass is 254 g/mol. The molecule has 0 aliphatic rings. The highest BCUT2D eigenvalue weighted by molar-refractivity contribution is 6.04. The number of benzene rings is 2. The van der Waals surface area contributed by atoms with E-state index in [-0.39, 0.29) is 5.69 Å². The first kappa shape index (κ1) is 12.7. The molecule has 0 radical (unpaired) electrons. The third kappa shape index (κ3) is 3.58. The molecule has 1 amide bonds. The maximum absolute atomic E-state index is 13.4. The number of amides is 1. The van der Waals surface area contributed by atoms with Crippen LogP contribution in [0.3, 0.4) is 0 Å². The molecule has 0 fully saturated rings. The molecule has 2 aromatic carbocycles. The van der Waals surface area contributed by atoms with Gasteiger partial charge in [0, 0.05) is 17.2 Å². The van der Waals surface area contributed by atoms with Gasteiger partial charge in [-0.15, -0.1) is 0 Å². The molecular weight excluding hydrogens is 243 g/mol. The van der Waals surface area contributed by atoms with Gasteiger partial charge < -0.3 is 11.1 Å². The molecule has 0 saturated carbocycles. The van der Waals surface area contributed by atoms with E-state index in [1.54, 1.807) is 12.1 Å². The van der Waals surface area contributed by atoms with Crippen molar-refractivity contribution in [2.24, 2.45) is 0 Å². The lowest BCUT2D eigenvalue weighted by molar-refractivity contribution is -0.111. The molecule has 0 aromatic heterocycles. The van der Waals surface area contributed by atoms with E-state index in [4.69, 9.17) is 5.73 Å². The minimum absolute atomic E-state index is 0.0207. The van der Waals surface area contributed by atoms with E-state index in [0.29, 0.717) is 11.3 Å². The predicted molar refractivity (Wildman–Crippen MR) is 72.8 cm³/mol. The number of carbonyl (C=O) groups excluding carboxylic acids is 1. The maximum Gasteiger partial charge on any atom is 0.300 e. The van der Waals surface area contributed by atoms with Gasteiger partial charge in [0.15, 0.2) is 0 Å². The molecule has 0 aliphatic heterocycles. The summed E-state index contributed by atoms with van der Waals surface area (Å²) in [6.07, 6.45) is 0. The summed E-state index contributed by atoms with van der Waals surface area (Å²) in [7, 11) is 0. The van der Waals surface area contributed by atoms with Crippen LogP contribution in [0.15, 0.2) is 48.5 Å². The van der Waals surface area contributed by atoms with E-state index in [1.807, 2.05) is 18.2 Å². The van der Waals surface area contributed by atoms with E-state index in [0.717, 1.165) is 0 Å². The Morgan fingerprint density at radius 3 is 2.63 bits per heavy atom. The maximum atomic E-state index is 13.4. The van der Waals surface area contributed by atoms with Crippen molar-refractivity contribution in [1.29, 1.82) is 0 Å². The van der Waals surface area contributed by atoms with Crippen molar-refractivity contribution in [1.82, 2.24) is 0 Å². The van der Waals surface area contributed by atoms with Crippen LogP contribution in [-0.4, -0.2) is 5.91 Å². The first-order valence-corrected chi connectivity index (χ1v) is 5.58. The lowest BCUT2D eigenvalue weighted by Crippen LogP contribution is -2.10. The molecule has 0 spiro atoms. The van der Waals surface area contributed by atoms with Crippen LogP contribution in [0, 0.1) is 17.7 Å². The summed E-state index contributed by atoms with van der Waals surface area (Å²) in [6.45, 7) is 0. The van der Waals surface area contributed by atoms with Crippen molar-refractivity contribution in [2.45, 2.75) is 0 Å². The summed E-state index contributed by atoms with van der Waals surface area (Å²) in [5.41, 5.74) is 6.62. The minimum atomic E-state index is -0.589. The molecule has 0 aliphatic carbocycles. The molecule has 2 aromatic rings. The second kappa shape index (κ2) is 5.69. The fourth-order valence-corrected chi connectivity index (χ4v) is 1.44. The highest BCUT2D eigenvalue weighted by Gasteiger charge is 2.04. The van der Waals surface area contributed by atoms with Gasteiger partial charge in [0.2, 0.25) is 0 Å². The van der Waals surface area contributed by atoms with Crippen LogP contribution in [0.4, 0.5) is 15.8 Å². The Balaban J connectivity index is 2.10. The van der Waals surface area contributed by atoms with Crippen molar-refractivity contribution >= 4 is 17.3 Å². The Morgan fingerprint density at radius 1 is 1.16 bits per heavy atom. The largest absolute Gasteiger partial charge is 0.399 e. The van der Waals surface area contributed by atoms with Gasteiger partial charge >= 0.3 is 5.91 Å². The molecular formula is C15H11FN2O. The molecule has 2 rings (SSSR count). The van der Waals surface area contributed by atoms with Gasteiger partial charge in [-0.25, -0.2) is 4.39 Å². The van der Waals surface area contributed by atoms with E-state index >= 15 is 0 Å². The normalized spacial score (nSPS) is 9.32. The van der Waals surface area contributed by atoms with Crippen molar-refractivity contribution < 1.29 is 9.18 Å². The van der Waals surface area contributed by atoms with Crippen LogP contribution in [0.25, 0.3) is 0 Å². The quantitative estimate of drug-likeness (QED) is 0.606. The van der Waals surface area contributed by atoms with Gasteiger partial charge in [0.1, 0.15) is 5.82 Å². The molecule has 0 unspecified atom stereocenters. The number of nitrogens with two attached hydrogens (primary N) is 1. The molecule has 3 nitrogen and oxygen atoms in total. The zero-order chi connectivity index (χ0) is 13.7. The second-order valence-electron chi connectivity index (χ2n) is 3.81. The molecule has 0 saturated heterocycles. The summed E-state index contributed by atoms with van der Waals surface area (Å²) in [5.74, 6) is 3.93. The van der Waals surface area contributed by atoms with Gasteiger partial charge in [-0.2, -0.15) is 0 Å². The first-order valence-electron chi connectivity index (χ1n) is 5.58. The standard InChI is InChI=1S/C15H11FN2O/c16-13-8-7-12(17)10-14(13)18-15(19)9-6-11-4-2-1-3-5-11/h1-5,7-8,10H,17H2,(H,18,19). The zero-order valence-corrected chi connectivity index (χ0v) is 9.98. The number of hydrogen-bond donors (Lipinski definition) is 2. The van der Waals surface area contributed by atoms with Gasteiger partial charge in [0.25, 0.3) is 0 Å². The number of anilines is 2. The van der Waals surface area contributed by atoms with Gasteiger partial charge in [-0.05, 0) is 30.3 Å². The summed E-state index contributed by atoms with van der Waals surface area (Å²) in [5, 5.41) is 2.35. The Labute approximate surface area is 110 Å². The molecule has 94 valence electrons. The third-order valence-corrected chi connectivity index (χ3v) is 2.33. The molecule has 0 bridgehead atoms. The van der Waals surface area contributed by atoms with Crippen molar-refractivity contribution in [2.75, 3.05) is 11.1 Å². The number of rotatable bonds is 1. The third-order valence-electron chi connectivity index (χ3n) is 2.33. The SMILES string of the molecule is Nc1ccc(F)c(NC(=O)C#Cc2ccccc2)c1. The molecule has 19 heavy (non-hydrogen) atoms. The molecule has 0 atom stereocenters. The summed E-state index contributed by atoms with van der Waals surface area (Å²) in [6, 6.07) is 13.0. The predicted octanol–water partition coefficient (Wildman–Crippen LogP) is 2.40. The van der Waals surface area contributed by atoms with Crippen molar-refractivity contribution in [3.63, 3.8) is 0 Å². The smallest absolute Gasteiger partial charge is 0.300 e. The van der Waals surface area contributed by atoms with Crippen molar-refractivity contribution in [3.05, 3.63) is 59.9 Å². The van der Waals surface area contributed by atoms with Crippen LogP contribution in [-0.2, 0) is 4.79 Å². The number of nitrogens with one attached hydrogen (secondary N) is 1. The van der Waals surface area contributed by atoms with E-state index < -0.39 is 11.7 Å². The number of hydrogen-bond acceptors (Lipinski definition) is 2. The average molecular weight is 254 g/mol. The second-order valence-corrected chi connectivity index (χ2v) is 3.81. The first-order chi connectivity index (χ1) is 9.15. The van der Waals surface area contributed by atoms with Crippen molar-refractivity contribution in [3.8, 4) is 11.8 Å². The van der Waals surface area contributed by atoms with Crippen LogP contribution < -0.4 is 11.1 Å². The Kier molecular flexibility index (Phi) is 3.79. The topological polar surface area (TPSA) is 55.1 Å². The summed E-state index contributed by atoms with van der Waals surface area (Å²) < 4.78 is 13.4. The van der Waals surface area contributed by atoms with Crippen LogP contribution >= 0.6 is 0 Å². The van der Waals surface area contributed by atoms with E-state index in [2.05, 4.69) is 17.2 Å². The van der Waals surface area contributed by atoms with Gasteiger partial charge in [-0.1, -0.05) is 24.1 Å². The van der Waals surface area contributed by atoms with Gasteiger partial charge in [-0.3, -0.25) is 4.79 Å². The van der Waals surface area contributed by atoms with E-state index in [1.165, 1.54) is 18.2 Å². The van der Waals surface area contributed by atoms with Crippen LogP contribution in [0.1, 0.15) is 5.56 Å². The fourth-order valence-electron chi connectivity index (χ4n) is 1.44. The minimum Gasteiger partial charge on any atom is -0.399 e. The Morgan fingerprint density at radius 2 is 1.89 bits per heavy atom. The number of nitrogen functional groups attached to an aromatic ring is 1. The summed E-state index contributed by atoms with van der Waals surface area (Å²) >= 11 is 0. The Hall–Kier alpha value is -2.80. The number of carbonyl (C=O) groups is 1. The summed E-state index contributed by atoms with van der Waals surface area (Å²) in [4.78, 5) is 11.6.